The van der Waals surface area contributed by atoms with Crippen LogP contribution in [0.5, 0.6) is 0 Å². The maximum absolute atomic E-state index is 11.8. The molecule has 0 amide bonds. The van der Waals surface area contributed by atoms with E-state index in [1.54, 1.807) is 12.3 Å². The van der Waals surface area contributed by atoms with E-state index in [9.17, 15) is 15.0 Å². The zero-order valence-corrected chi connectivity index (χ0v) is 14.5. The molecule has 2 aliphatic heterocycles. The second kappa shape index (κ2) is 7.39. The van der Waals surface area contributed by atoms with Crippen LogP contribution in [0.3, 0.4) is 0 Å². The third-order valence-corrected chi connectivity index (χ3v) is 5.27. The lowest BCUT2D eigenvalue weighted by molar-refractivity contribution is -0.149. The van der Waals surface area contributed by atoms with Crippen molar-refractivity contribution in [1.82, 2.24) is 9.97 Å². The van der Waals surface area contributed by atoms with Gasteiger partial charge in [0, 0.05) is 32.4 Å². The van der Waals surface area contributed by atoms with Gasteiger partial charge in [0.1, 0.15) is 5.82 Å². The van der Waals surface area contributed by atoms with Gasteiger partial charge in [0.2, 0.25) is 5.95 Å². The smallest absolute Gasteiger partial charge is 0.311 e. The number of aliphatic hydroxyl groups is 1. The standard InChI is InChI=1S/C18H26N4O3/c1-2-7-18(16(24)25)8-3-10-22(13-18)17-19-9-4-15(20-17)21-11-5-14(23)6-12-21/h2,4,9,14,23H,1,3,5-8,10-13H2,(H,24,25). The highest BCUT2D eigenvalue weighted by molar-refractivity contribution is 5.76. The largest absolute Gasteiger partial charge is 0.481 e. The quantitative estimate of drug-likeness (QED) is 0.784. The summed E-state index contributed by atoms with van der Waals surface area (Å²) in [5.41, 5.74) is -0.811. The lowest BCUT2D eigenvalue weighted by Crippen LogP contribution is -2.48. The highest BCUT2D eigenvalue weighted by Crippen LogP contribution is 2.35. The van der Waals surface area contributed by atoms with E-state index in [4.69, 9.17) is 0 Å². The molecule has 2 N–H and O–H groups in total. The Balaban J connectivity index is 1.78. The third kappa shape index (κ3) is 3.76. The molecular formula is C18H26N4O3. The minimum atomic E-state index is -0.811. The van der Waals surface area contributed by atoms with Gasteiger partial charge >= 0.3 is 5.97 Å². The van der Waals surface area contributed by atoms with Crippen molar-refractivity contribution in [2.24, 2.45) is 5.41 Å². The summed E-state index contributed by atoms with van der Waals surface area (Å²) in [5, 5.41) is 19.4. The van der Waals surface area contributed by atoms with Crippen LogP contribution < -0.4 is 9.80 Å². The van der Waals surface area contributed by atoms with Gasteiger partial charge in [-0.3, -0.25) is 4.79 Å². The maximum Gasteiger partial charge on any atom is 0.311 e. The van der Waals surface area contributed by atoms with Crippen molar-refractivity contribution in [2.75, 3.05) is 36.0 Å². The zero-order chi connectivity index (χ0) is 17.9. The van der Waals surface area contributed by atoms with Crippen LogP contribution >= 0.6 is 0 Å². The van der Waals surface area contributed by atoms with E-state index >= 15 is 0 Å². The molecule has 3 heterocycles. The lowest BCUT2D eigenvalue weighted by atomic mass is 9.77. The fraction of sp³-hybridized carbons (Fsp3) is 0.611. The van der Waals surface area contributed by atoms with Crippen molar-refractivity contribution in [3.8, 4) is 0 Å². The van der Waals surface area contributed by atoms with Gasteiger partial charge in [-0.1, -0.05) is 6.08 Å². The van der Waals surface area contributed by atoms with E-state index in [2.05, 4.69) is 21.4 Å². The van der Waals surface area contributed by atoms with Crippen molar-refractivity contribution in [2.45, 2.75) is 38.2 Å². The summed E-state index contributed by atoms with van der Waals surface area (Å²) < 4.78 is 0. The number of hydrogen-bond acceptors (Lipinski definition) is 6. The van der Waals surface area contributed by atoms with Gasteiger partial charge in [0.15, 0.2) is 0 Å². The predicted octanol–water partition coefficient (Wildman–Crippen LogP) is 1.68. The van der Waals surface area contributed by atoms with Crippen LogP contribution in [0.1, 0.15) is 32.1 Å². The first kappa shape index (κ1) is 17.7. The molecule has 0 radical (unpaired) electrons. The summed E-state index contributed by atoms with van der Waals surface area (Å²) in [7, 11) is 0. The molecule has 2 fully saturated rings. The number of aromatic nitrogens is 2. The number of aliphatic hydroxyl groups excluding tert-OH is 1. The highest BCUT2D eigenvalue weighted by atomic mass is 16.4. The molecule has 7 nitrogen and oxygen atoms in total. The normalized spacial score (nSPS) is 25.0. The summed E-state index contributed by atoms with van der Waals surface area (Å²) in [4.78, 5) is 25.0. The summed E-state index contributed by atoms with van der Waals surface area (Å²) in [5.74, 6) is 0.642. The second-order valence-corrected chi connectivity index (χ2v) is 7.04. The van der Waals surface area contributed by atoms with Crippen LogP contribution in [0.25, 0.3) is 0 Å². The minimum absolute atomic E-state index is 0.227. The Morgan fingerprint density at radius 1 is 1.36 bits per heavy atom. The highest BCUT2D eigenvalue weighted by Gasteiger charge is 2.42. The van der Waals surface area contributed by atoms with Crippen LogP contribution in [-0.4, -0.2) is 58.4 Å². The van der Waals surface area contributed by atoms with Crippen molar-refractivity contribution in [3.63, 3.8) is 0 Å². The number of carbonyl (C=O) groups is 1. The first-order chi connectivity index (χ1) is 12.0. The number of carboxylic acids is 1. The van der Waals surface area contributed by atoms with E-state index in [-0.39, 0.29) is 6.10 Å². The maximum atomic E-state index is 11.8. The van der Waals surface area contributed by atoms with Gasteiger partial charge in [-0.15, -0.1) is 6.58 Å². The van der Waals surface area contributed by atoms with Crippen molar-refractivity contribution in [3.05, 3.63) is 24.9 Å². The molecule has 0 bridgehead atoms. The van der Waals surface area contributed by atoms with Gasteiger partial charge in [0.05, 0.1) is 11.5 Å². The van der Waals surface area contributed by atoms with Crippen LogP contribution in [-0.2, 0) is 4.79 Å². The number of hydrogen-bond donors (Lipinski definition) is 2. The first-order valence-electron chi connectivity index (χ1n) is 8.89. The molecule has 1 aromatic rings. The number of rotatable bonds is 5. The SMILES string of the molecule is C=CCC1(C(=O)O)CCCN(c2nccc(N3CCC(O)CC3)n2)C1. The summed E-state index contributed by atoms with van der Waals surface area (Å²) in [6, 6.07) is 1.87. The van der Waals surface area contributed by atoms with Crippen LogP contribution in [0.2, 0.25) is 0 Å². The number of allylic oxidation sites excluding steroid dienone is 1. The fourth-order valence-corrected chi connectivity index (χ4v) is 3.77. The van der Waals surface area contributed by atoms with Crippen LogP contribution in [0, 0.1) is 5.41 Å². The average molecular weight is 346 g/mol. The number of carboxylic acid groups (broad SMARTS) is 1. The van der Waals surface area contributed by atoms with Gasteiger partial charge < -0.3 is 20.0 Å². The van der Waals surface area contributed by atoms with E-state index in [1.165, 1.54) is 0 Å². The van der Waals surface area contributed by atoms with E-state index in [0.29, 0.717) is 25.3 Å². The number of anilines is 2. The Hall–Kier alpha value is -2.15. The van der Waals surface area contributed by atoms with Gasteiger partial charge in [-0.05, 0) is 38.2 Å². The third-order valence-electron chi connectivity index (χ3n) is 5.27. The molecule has 25 heavy (non-hydrogen) atoms. The Morgan fingerprint density at radius 3 is 2.80 bits per heavy atom. The van der Waals surface area contributed by atoms with Gasteiger partial charge in [-0.2, -0.15) is 4.98 Å². The van der Waals surface area contributed by atoms with Crippen LogP contribution in [0.15, 0.2) is 24.9 Å². The molecule has 2 saturated heterocycles. The molecule has 1 unspecified atom stereocenters. The Labute approximate surface area is 148 Å². The molecule has 0 saturated carbocycles. The molecule has 136 valence electrons. The summed E-state index contributed by atoms with van der Waals surface area (Å²) in [6.07, 6.45) is 6.56. The molecule has 2 aliphatic rings. The average Bonchev–Trinajstić information content (AvgIpc) is 2.63. The Kier molecular flexibility index (Phi) is 5.22. The second-order valence-electron chi connectivity index (χ2n) is 7.04. The molecule has 1 aromatic heterocycles. The predicted molar refractivity (Wildman–Crippen MR) is 95.8 cm³/mol. The van der Waals surface area contributed by atoms with Gasteiger partial charge in [-0.25, -0.2) is 4.98 Å². The molecule has 3 rings (SSSR count). The topological polar surface area (TPSA) is 89.8 Å². The Morgan fingerprint density at radius 2 is 2.12 bits per heavy atom. The van der Waals surface area contributed by atoms with E-state index in [0.717, 1.165) is 44.7 Å². The fourth-order valence-electron chi connectivity index (χ4n) is 3.77. The molecule has 1 atom stereocenters. The van der Waals surface area contributed by atoms with Gasteiger partial charge in [0.25, 0.3) is 0 Å². The molecular weight excluding hydrogens is 320 g/mol. The Bertz CT molecular complexity index is 631. The van der Waals surface area contributed by atoms with E-state index < -0.39 is 11.4 Å². The number of piperidine rings is 2. The molecule has 0 aromatic carbocycles. The molecule has 0 aliphatic carbocycles. The van der Waals surface area contributed by atoms with E-state index in [1.807, 2.05) is 11.0 Å². The molecule has 0 spiro atoms. The lowest BCUT2D eigenvalue weighted by Gasteiger charge is -2.39. The number of aliphatic carboxylic acids is 1. The minimum Gasteiger partial charge on any atom is -0.481 e. The number of nitrogens with zero attached hydrogens (tertiary/aromatic N) is 4. The van der Waals surface area contributed by atoms with Crippen molar-refractivity contribution >= 4 is 17.7 Å². The summed E-state index contributed by atoms with van der Waals surface area (Å²) in [6.45, 7) is 6.42. The summed E-state index contributed by atoms with van der Waals surface area (Å²) >= 11 is 0. The van der Waals surface area contributed by atoms with Crippen molar-refractivity contribution < 1.29 is 15.0 Å². The van der Waals surface area contributed by atoms with Crippen LogP contribution in [0.4, 0.5) is 11.8 Å². The monoisotopic (exact) mass is 346 g/mol. The molecule has 7 heteroatoms. The van der Waals surface area contributed by atoms with Crippen molar-refractivity contribution in [1.29, 1.82) is 0 Å². The first-order valence-corrected chi connectivity index (χ1v) is 8.89. The zero-order valence-electron chi connectivity index (χ0n) is 14.5.